The molecule has 1 aromatic carbocycles. The predicted molar refractivity (Wildman–Crippen MR) is 105 cm³/mol. The summed E-state index contributed by atoms with van der Waals surface area (Å²) in [7, 11) is -2.00. The number of fused-ring (bicyclic) bond motifs is 2. The van der Waals surface area contributed by atoms with Crippen LogP contribution in [0.1, 0.15) is 31.9 Å². The Hall–Kier alpha value is -2.06. The second-order valence-corrected chi connectivity index (χ2v) is 9.34. The van der Waals surface area contributed by atoms with Crippen molar-refractivity contribution in [3.63, 3.8) is 0 Å². The lowest BCUT2D eigenvalue weighted by atomic mass is 10.0. The van der Waals surface area contributed by atoms with Crippen LogP contribution in [0.4, 0.5) is 0 Å². The molecule has 0 spiro atoms. The number of hydrogen-bond acceptors (Lipinski definition) is 5. The third-order valence-corrected chi connectivity index (χ3v) is 8.13. The lowest BCUT2D eigenvalue weighted by Crippen LogP contribution is -2.47. The summed E-state index contributed by atoms with van der Waals surface area (Å²) < 4.78 is 41.6. The number of piperidine rings is 1. The molecule has 1 aliphatic heterocycles. The van der Waals surface area contributed by atoms with Gasteiger partial charge < -0.3 is 9.47 Å². The van der Waals surface area contributed by atoms with Gasteiger partial charge >= 0.3 is 0 Å². The zero-order chi connectivity index (χ0) is 19.9. The van der Waals surface area contributed by atoms with Gasteiger partial charge in [-0.25, -0.2) is 8.42 Å². The van der Waals surface area contributed by atoms with Crippen LogP contribution in [0.2, 0.25) is 0 Å². The van der Waals surface area contributed by atoms with E-state index in [0.29, 0.717) is 35.4 Å². The highest BCUT2D eigenvalue weighted by molar-refractivity contribution is 7.89. The first-order chi connectivity index (χ1) is 13.5. The van der Waals surface area contributed by atoms with E-state index < -0.39 is 10.0 Å². The van der Waals surface area contributed by atoms with Crippen molar-refractivity contribution in [3.8, 4) is 11.5 Å². The van der Waals surface area contributed by atoms with E-state index in [2.05, 4.69) is 5.10 Å². The molecular formula is C20H27N3O4S. The van der Waals surface area contributed by atoms with Crippen molar-refractivity contribution in [2.75, 3.05) is 13.7 Å². The van der Waals surface area contributed by atoms with Gasteiger partial charge in [-0.05, 0) is 51.2 Å². The first-order valence-electron chi connectivity index (χ1n) is 9.78. The molecule has 0 unspecified atom stereocenters. The number of aryl methyl sites for hydroxylation is 1. The fourth-order valence-corrected chi connectivity index (χ4v) is 6.68. The van der Waals surface area contributed by atoms with Crippen molar-refractivity contribution < 1.29 is 17.9 Å². The molecule has 1 aliphatic carbocycles. The van der Waals surface area contributed by atoms with Crippen molar-refractivity contribution in [1.82, 2.24) is 14.1 Å². The van der Waals surface area contributed by atoms with E-state index in [0.717, 1.165) is 25.0 Å². The van der Waals surface area contributed by atoms with Crippen LogP contribution in [-0.2, 0) is 16.6 Å². The van der Waals surface area contributed by atoms with Crippen molar-refractivity contribution in [2.45, 2.75) is 56.6 Å². The molecule has 0 radical (unpaired) electrons. The highest BCUT2D eigenvalue weighted by atomic mass is 32.2. The summed E-state index contributed by atoms with van der Waals surface area (Å²) >= 11 is 0. The number of aromatic nitrogens is 2. The van der Waals surface area contributed by atoms with Gasteiger partial charge in [0.1, 0.15) is 23.0 Å². The predicted octanol–water partition coefficient (Wildman–Crippen LogP) is 2.84. The molecule has 152 valence electrons. The summed E-state index contributed by atoms with van der Waals surface area (Å²) in [4.78, 5) is 0.313. The molecule has 2 fully saturated rings. The highest BCUT2D eigenvalue weighted by Gasteiger charge is 2.52. The van der Waals surface area contributed by atoms with Crippen LogP contribution < -0.4 is 9.47 Å². The summed E-state index contributed by atoms with van der Waals surface area (Å²) in [5, 5.41) is 4.24. The first kappa shape index (κ1) is 19.3. The van der Waals surface area contributed by atoms with E-state index in [-0.39, 0.29) is 12.1 Å². The Bertz CT molecular complexity index is 956. The molecule has 0 amide bonds. The topological polar surface area (TPSA) is 73.7 Å². The summed E-state index contributed by atoms with van der Waals surface area (Å²) in [6.45, 7) is 4.77. The average molecular weight is 406 g/mol. The Kier molecular flexibility index (Phi) is 5.09. The molecule has 2 bridgehead atoms. The van der Waals surface area contributed by atoms with Gasteiger partial charge in [0.2, 0.25) is 10.0 Å². The molecule has 2 heterocycles. The Morgan fingerprint density at radius 1 is 1.25 bits per heavy atom. The van der Waals surface area contributed by atoms with Gasteiger partial charge in [0.05, 0.1) is 25.0 Å². The zero-order valence-electron chi connectivity index (χ0n) is 16.5. The van der Waals surface area contributed by atoms with Gasteiger partial charge in [0, 0.05) is 18.7 Å². The molecule has 0 N–H and O–H groups in total. The largest absolute Gasteiger partial charge is 0.497 e. The van der Waals surface area contributed by atoms with Gasteiger partial charge in [-0.1, -0.05) is 6.07 Å². The monoisotopic (exact) mass is 405 g/mol. The van der Waals surface area contributed by atoms with E-state index >= 15 is 0 Å². The van der Waals surface area contributed by atoms with E-state index in [9.17, 15) is 8.42 Å². The van der Waals surface area contributed by atoms with Crippen LogP contribution in [0.5, 0.6) is 11.5 Å². The molecule has 3 atom stereocenters. The van der Waals surface area contributed by atoms with Crippen LogP contribution in [0.25, 0.3) is 0 Å². The Morgan fingerprint density at radius 3 is 2.75 bits per heavy atom. The number of rotatable bonds is 7. The Morgan fingerprint density at radius 2 is 2.04 bits per heavy atom. The third-order valence-electron chi connectivity index (χ3n) is 6.05. The van der Waals surface area contributed by atoms with Crippen LogP contribution in [-0.4, -0.2) is 48.3 Å². The van der Waals surface area contributed by atoms with Crippen molar-refractivity contribution in [3.05, 3.63) is 36.2 Å². The van der Waals surface area contributed by atoms with Crippen LogP contribution in [0.3, 0.4) is 0 Å². The summed E-state index contributed by atoms with van der Waals surface area (Å²) in [5.41, 5.74) is 0.692. The molecule has 1 saturated carbocycles. The maximum atomic E-state index is 13.5. The maximum absolute atomic E-state index is 13.5. The lowest BCUT2D eigenvalue weighted by Gasteiger charge is -2.34. The summed E-state index contributed by atoms with van der Waals surface area (Å²) in [6, 6.07) is 7.31. The molecule has 2 aliphatic rings. The number of nitrogens with zero attached hydrogens (tertiary/aromatic N) is 3. The van der Waals surface area contributed by atoms with Gasteiger partial charge in [-0.2, -0.15) is 9.40 Å². The van der Waals surface area contributed by atoms with Crippen molar-refractivity contribution in [2.24, 2.45) is 5.92 Å². The lowest BCUT2D eigenvalue weighted by molar-refractivity contribution is 0.162. The fourth-order valence-electron chi connectivity index (χ4n) is 4.62. The Balaban J connectivity index is 1.59. The van der Waals surface area contributed by atoms with Crippen molar-refractivity contribution >= 4 is 10.0 Å². The van der Waals surface area contributed by atoms with Crippen LogP contribution in [0, 0.1) is 12.8 Å². The number of hydrogen-bond donors (Lipinski definition) is 0. The molecule has 1 saturated heterocycles. The minimum Gasteiger partial charge on any atom is -0.497 e. The highest BCUT2D eigenvalue weighted by Crippen LogP contribution is 2.45. The quantitative estimate of drug-likeness (QED) is 0.708. The maximum Gasteiger partial charge on any atom is 0.247 e. The van der Waals surface area contributed by atoms with E-state index in [1.165, 1.54) is 6.20 Å². The fraction of sp³-hybridized carbons (Fsp3) is 0.550. The number of ether oxygens (including phenoxy) is 2. The van der Waals surface area contributed by atoms with Gasteiger partial charge in [-0.15, -0.1) is 0 Å². The SMILES string of the molecule is CCn1ncc(S(=O)(=O)N2[C@H]3CC[C@@H](C3)[C@@H]2COc2cccc(OC)c2)c1C. The molecule has 8 heteroatoms. The second-order valence-electron chi connectivity index (χ2n) is 7.53. The normalized spacial score (nSPS) is 24.6. The second kappa shape index (κ2) is 7.40. The Labute approximate surface area is 166 Å². The molecule has 1 aromatic heterocycles. The standard InChI is InChI=1S/C20H27N3O4S/c1-4-22-14(2)20(12-21-22)28(24,25)23-16-9-8-15(10-16)19(23)13-27-18-7-5-6-17(11-18)26-3/h5-7,11-12,15-16,19H,4,8-10,13H2,1-3H3/t15-,16-,19-/m0/s1. The number of benzene rings is 1. The number of sulfonamides is 1. The van der Waals surface area contributed by atoms with Crippen molar-refractivity contribution in [1.29, 1.82) is 0 Å². The van der Waals surface area contributed by atoms with E-state index in [1.54, 1.807) is 16.1 Å². The molecule has 2 aromatic rings. The van der Waals surface area contributed by atoms with Gasteiger partial charge in [-0.3, -0.25) is 4.68 Å². The third kappa shape index (κ3) is 3.18. The van der Waals surface area contributed by atoms with Gasteiger partial charge in [0.25, 0.3) is 0 Å². The molecule has 7 nitrogen and oxygen atoms in total. The average Bonchev–Trinajstić information content (AvgIpc) is 3.40. The zero-order valence-corrected chi connectivity index (χ0v) is 17.4. The van der Waals surface area contributed by atoms with E-state index in [1.807, 2.05) is 38.1 Å². The molecular weight excluding hydrogens is 378 g/mol. The number of methoxy groups -OCH3 is 1. The van der Waals surface area contributed by atoms with Gasteiger partial charge in [0.15, 0.2) is 0 Å². The minimum atomic E-state index is -3.61. The molecule has 4 rings (SSSR count). The molecule has 28 heavy (non-hydrogen) atoms. The minimum absolute atomic E-state index is 0.0540. The smallest absolute Gasteiger partial charge is 0.247 e. The van der Waals surface area contributed by atoms with Crippen LogP contribution in [0.15, 0.2) is 35.4 Å². The van der Waals surface area contributed by atoms with Crippen LogP contribution >= 0.6 is 0 Å². The first-order valence-corrected chi connectivity index (χ1v) is 11.2. The van der Waals surface area contributed by atoms with E-state index in [4.69, 9.17) is 9.47 Å². The summed E-state index contributed by atoms with van der Waals surface area (Å²) in [5.74, 6) is 1.75. The summed E-state index contributed by atoms with van der Waals surface area (Å²) in [6.07, 6.45) is 4.36.